The maximum atomic E-state index is 8.78. The number of nitriles is 1. The van der Waals surface area contributed by atoms with Gasteiger partial charge in [0.15, 0.2) is 5.82 Å². The quantitative estimate of drug-likeness (QED) is 0.793. The van der Waals surface area contributed by atoms with Crippen molar-refractivity contribution in [3.63, 3.8) is 0 Å². The monoisotopic (exact) mass is 280 g/mol. The summed E-state index contributed by atoms with van der Waals surface area (Å²) in [5.41, 5.74) is 2.16. The molecule has 0 saturated heterocycles. The van der Waals surface area contributed by atoms with Crippen molar-refractivity contribution in [3.8, 4) is 23.4 Å². The van der Waals surface area contributed by atoms with Gasteiger partial charge in [-0.1, -0.05) is 17.3 Å². The van der Waals surface area contributed by atoms with E-state index in [1.54, 1.807) is 19.2 Å². The van der Waals surface area contributed by atoms with Crippen LogP contribution in [0.2, 0.25) is 0 Å². The first-order chi connectivity index (χ1) is 10.3. The van der Waals surface area contributed by atoms with E-state index in [0.717, 1.165) is 11.3 Å². The Hall–Kier alpha value is -3.07. The summed E-state index contributed by atoms with van der Waals surface area (Å²) in [6.45, 7) is 0. The van der Waals surface area contributed by atoms with E-state index in [0.29, 0.717) is 29.5 Å². The van der Waals surface area contributed by atoms with Crippen LogP contribution in [0, 0.1) is 11.3 Å². The summed E-state index contributed by atoms with van der Waals surface area (Å²) >= 11 is 0. The Morgan fingerprint density at radius 2 is 2.05 bits per heavy atom. The van der Waals surface area contributed by atoms with Crippen molar-refractivity contribution in [2.24, 2.45) is 0 Å². The van der Waals surface area contributed by atoms with Gasteiger partial charge in [-0.25, -0.2) is 0 Å². The van der Waals surface area contributed by atoms with Gasteiger partial charge in [0, 0.05) is 6.42 Å². The van der Waals surface area contributed by atoms with Crippen molar-refractivity contribution < 1.29 is 9.26 Å². The van der Waals surface area contributed by atoms with Crippen LogP contribution in [-0.4, -0.2) is 22.2 Å². The molecule has 0 spiro atoms. The van der Waals surface area contributed by atoms with E-state index in [9.17, 15) is 0 Å². The van der Waals surface area contributed by atoms with Crippen LogP contribution in [0.5, 0.6) is 5.75 Å². The van der Waals surface area contributed by atoms with Crippen molar-refractivity contribution in [2.75, 3.05) is 7.11 Å². The van der Waals surface area contributed by atoms with Gasteiger partial charge in [-0.3, -0.25) is 0 Å². The fourth-order valence-electron chi connectivity index (χ4n) is 1.95. The van der Waals surface area contributed by atoms with Gasteiger partial charge in [0.1, 0.15) is 23.2 Å². The molecule has 0 aliphatic heterocycles. The smallest absolute Gasteiger partial charge is 0.274 e. The van der Waals surface area contributed by atoms with Gasteiger partial charge in [-0.2, -0.15) is 10.2 Å². The van der Waals surface area contributed by atoms with E-state index in [1.807, 2.05) is 30.3 Å². The molecule has 0 aliphatic carbocycles. The van der Waals surface area contributed by atoms with Crippen molar-refractivity contribution in [1.29, 1.82) is 5.26 Å². The molecule has 1 N–H and O–H groups in total. The van der Waals surface area contributed by atoms with Crippen LogP contribution >= 0.6 is 0 Å². The molecule has 104 valence electrons. The molecule has 0 fully saturated rings. The van der Waals surface area contributed by atoms with Crippen LogP contribution in [0.1, 0.15) is 17.1 Å². The molecule has 0 unspecified atom stereocenters. The molecule has 0 saturated carbocycles. The van der Waals surface area contributed by atoms with E-state index >= 15 is 0 Å². The Bertz CT molecular complexity index is 781. The van der Waals surface area contributed by atoms with Gasteiger partial charge in [-0.05, 0) is 29.8 Å². The number of aromatic amines is 1. The van der Waals surface area contributed by atoms with Crippen LogP contribution < -0.4 is 4.74 Å². The minimum atomic E-state index is 0.375. The number of nitrogens with one attached hydrogen (secondary N) is 1. The highest BCUT2D eigenvalue weighted by molar-refractivity contribution is 5.49. The molecule has 6 heteroatoms. The summed E-state index contributed by atoms with van der Waals surface area (Å²) in [6.07, 6.45) is 0.569. The number of hydrogen-bond acceptors (Lipinski definition) is 5. The second-order valence-corrected chi connectivity index (χ2v) is 4.44. The van der Waals surface area contributed by atoms with Crippen LogP contribution in [0.4, 0.5) is 0 Å². The lowest BCUT2D eigenvalue weighted by atomic mass is 10.1. The average molecular weight is 280 g/mol. The molecule has 2 aromatic heterocycles. The zero-order chi connectivity index (χ0) is 14.7. The second kappa shape index (κ2) is 5.51. The first kappa shape index (κ1) is 12.9. The number of H-pyrrole nitrogens is 1. The predicted molar refractivity (Wildman–Crippen MR) is 74.6 cm³/mol. The average Bonchev–Trinajstić information content (AvgIpc) is 3.16. The third-order valence-corrected chi connectivity index (χ3v) is 3.03. The van der Waals surface area contributed by atoms with E-state index in [-0.39, 0.29) is 0 Å². The Balaban J connectivity index is 1.76. The molecular weight excluding hydrogens is 268 g/mol. The first-order valence-corrected chi connectivity index (χ1v) is 6.33. The van der Waals surface area contributed by atoms with Gasteiger partial charge in [0.25, 0.3) is 5.89 Å². The molecule has 2 heterocycles. The van der Waals surface area contributed by atoms with E-state index in [4.69, 9.17) is 14.5 Å². The second-order valence-electron chi connectivity index (χ2n) is 4.44. The number of ether oxygens (including phenoxy) is 1. The SMILES string of the molecule is COc1ccc(Cc2noc(-c3ccc(C#N)[nH]3)n2)cc1. The summed E-state index contributed by atoms with van der Waals surface area (Å²) < 4.78 is 10.3. The minimum Gasteiger partial charge on any atom is -0.497 e. The lowest BCUT2D eigenvalue weighted by Gasteiger charge is -2.00. The summed E-state index contributed by atoms with van der Waals surface area (Å²) in [7, 11) is 1.63. The molecule has 0 amide bonds. The van der Waals surface area contributed by atoms with Gasteiger partial charge in [0.05, 0.1) is 7.11 Å². The van der Waals surface area contributed by atoms with Gasteiger partial charge in [-0.15, -0.1) is 0 Å². The maximum absolute atomic E-state index is 8.78. The highest BCUT2D eigenvalue weighted by Crippen LogP contribution is 2.18. The molecule has 0 radical (unpaired) electrons. The summed E-state index contributed by atoms with van der Waals surface area (Å²) in [4.78, 5) is 7.21. The molecule has 3 aromatic rings. The zero-order valence-electron chi connectivity index (χ0n) is 11.3. The van der Waals surface area contributed by atoms with Crippen LogP contribution in [-0.2, 0) is 6.42 Å². The highest BCUT2D eigenvalue weighted by atomic mass is 16.5. The normalized spacial score (nSPS) is 10.3. The fraction of sp³-hybridized carbons (Fsp3) is 0.133. The third-order valence-electron chi connectivity index (χ3n) is 3.03. The summed E-state index contributed by atoms with van der Waals surface area (Å²) in [6, 6.07) is 13.1. The molecule has 3 rings (SSSR count). The minimum absolute atomic E-state index is 0.375. The van der Waals surface area contributed by atoms with Crippen LogP contribution in [0.3, 0.4) is 0 Å². The van der Waals surface area contributed by atoms with Crippen molar-refractivity contribution >= 4 is 0 Å². The summed E-state index contributed by atoms with van der Waals surface area (Å²) in [5, 5.41) is 12.7. The third kappa shape index (κ3) is 2.77. The maximum Gasteiger partial charge on any atom is 0.274 e. The van der Waals surface area contributed by atoms with E-state index in [2.05, 4.69) is 15.1 Å². The Morgan fingerprint density at radius 1 is 1.24 bits per heavy atom. The Kier molecular flexibility index (Phi) is 3.39. The van der Waals surface area contributed by atoms with Gasteiger partial charge >= 0.3 is 0 Å². The van der Waals surface area contributed by atoms with E-state index < -0.39 is 0 Å². The first-order valence-electron chi connectivity index (χ1n) is 6.33. The molecule has 0 bridgehead atoms. The van der Waals surface area contributed by atoms with E-state index in [1.165, 1.54) is 0 Å². The number of benzene rings is 1. The topological polar surface area (TPSA) is 87.7 Å². The molecule has 1 aromatic carbocycles. The highest BCUT2D eigenvalue weighted by Gasteiger charge is 2.11. The molecule has 0 aliphatic rings. The van der Waals surface area contributed by atoms with Crippen molar-refractivity contribution in [2.45, 2.75) is 6.42 Å². The Labute approximate surface area is 121 Å². The number of nitrogens with zero attached hydrogens (tertiary/aromatic N) is 3. The van der Waals surface area contributed by atoms with Gasteiger partial charge < -0.3 is 14.2 Å². The van der Waals surface area contributed by atoms with Crippen LogP contribution in [0.15, 0.2) is 40.9 Å². The molecule has 0 atom stereocenters. The lowest BCUT2D eigenvalue weighted by Crippen LogP contribution is -1.91. The fourth-order valence-corrected chi connectivity index (χ4v) is 1.95. The van der Waals surface area contributed by atoms with Crippen LogP contribution in [0.25, 0.3) is 11.6 Å². The number of rotatable bonds is 4. The number of hydrogen-bond donors (Lipinski definition) is 1. The molecule has 6 nitrogen and oxygen atoms in total. The summed E-state index contributed by atoms with van der Waals surface area (Å²) in [5.74, 6) is 1.77. The van der Waals surface area contributed by atoms with Gasteiger partial charge in [0.2, 0.25) is 0 Å². The standard InChI is InChI=1S/C15H12N4O2/c1-20-12-5-2-10(3-6-12)8-14-18-15(21-19-14)13-7-4-11(9-16)17-13/h2-7,17H,8H2,1H3. The largest absolute Gasteiger partial charge is 0.497 e. The number of aromatic nitrogens is 3. The molecular formula is C15H12N4O2. The predicted octanol–water partition coefficient (Wildman–Crippen LogP) is 2.54. The lowest BCUT2D eigenvalue weighted by molar-refractivity contribution is 0.414. The van der Waals surface area contributed by atoms with Crippen molar-refractivity contribution in [1.82, 2.24) is 15.1 Å². The van der Waals surface area contributed by atoms with Crippen molar-refractivity contribution in [3.05, 3.63) is 53.5 Å². The zero-order valence-corrected chi connectivity index (χ0v) is 11.3. The number of methoxy groups -OCH3 is 1. The molecule has 21 heavy (non-hydrogen) atoms. The Morgan fingerprint density at radius 3 is 2.71 bits per heavy atom.